The number of imide groups is 2. The quantitative estimate of drug-likeness (QED) is 0.272. The number of ether oxygens (including phenoxy) is 1. The van der Waals surface area contributed by atoms with Crippen molar-refractivity contribution in [2.45, 2.75) is 30.8 Å². The number of fused-ring (bicyclic) bond motifs is 1. The van der Waals surface area contributed by atoms with Crippen LogP contribution in [0.4, 0.5) is 9.59 Å². The predicted octanol–water partition coefficient (Wildman–Crippen LogP) is -0.0831. The van der Waals surface area contributed by atoms with Gasteiger partial charge in [-0.2, -0.15) is 5.26 Å². The Balaban J connectivity index is 1.49. The van der Waals surface area contributed by atoms with E-state index in [1.54, 1.807) is 36.4 Å². The fourth-order valence-corrected chi connectivity index (χ4v) is 5.81. The second-order valence-electron chi connectivity index (χ2n) is 9.04. The molecule has 3 heterocycles. The zero-order chi connectivity index (χ0) is 29.8. The molecule has 1 aromatic rings. The maximum atomic E-state index is 13.4. The molecule has 0 radical (unpaired) electrons. The van der Waals surface area contributed by atoms with Gasteiger partial charge in [-0.05, 0) is 5.56 Å². The molecule has 41 heavy (non-hydrogen) atoms. The summed E-state index contributed by atoms with van der Waals surface area (Å²) in [6.45, 7) is 0.610. The van der Waals surface area contributed by atoms with Crippen molar-refractivity contribution < 1.29 is 43.4 Å². The van der Waals surface area contributed by atoms with Gasteiger partial charge in [-0.3, -0.25) is 29.0 Å². The molecular formula is C25H24N6O9S. The van der Waals surface area contributed by atoms with E-state index in [0.29, 0.717) is 5.56 Å². The number of amides is 7. The second kappa shape index (κ2) is 12.1. The van der Waals surface area contributed by atoms with Crippen LogP contribution in [0.5, 0.6) is 0 Å². The molecule has 1 aromatic carbocycles. The topological polar surface area (TPSA) is 207 Å². The molecule has 0 aliphatic carbocycles. The van der Waals surface area contributed by atoms with Crippen LogP contribution in [0, 0.1) is 11.3 Å². The molecule has 0 saturated carbocycles. The monoisotopic (exact) mass is 584 g/mol. The molecule has 3 atom stereocenters. The Morgan fingerprint density at radius 2 is 1.83 bits per heavy atom. The van der Waals surface area contributed by atoms with Crippen LogP contribution in [0.1, 0.15) is 24.9 Å². The van der Waals surface area contributed by atoms with Gasteiger partial charge in [0.15, 0.2) is 0 Å². The number of carbonyl (C=O) groups excluding carboxylic acids is 6. The van der Waals surface area contributed by atoms with Gasteiger partial charge in [0, 0.05) is 24.8 Å². The van der Waals surface area contributed by atoms with Crippen LogP contribution in [-0.2, 0) is 28.7 Å². The summed E-state index contributed by atoms with van der Waals surface area (Å²) < 4.78 is 4.91. The number of carboxylic acid groups (broad SMARTS) is 1. The lowest BCUT2D eigenvalue weighted by Gasteiger charge is -2.49. The Morgan fingerprint density at radius 3 is 2.46 bits per heavy atom. The molecule has 15 nitrogen and oxygen atoms in total. The number of nitriles is 1. The van der Waals surface area contributed by atoms with Gasteiger partial charge >= 0.3 is 24.0 Å². The number of aliphatic carboxylic acids is 1. The Kier molecular flexibility index (Phi) is 8.57. The summed E-state index contributed by atoms with van der Waals surface area (Å²) in [6.07, 6.45) is -0.536. The molecule has 0 bridgehead atoms. The number of esters is 1. The minimum absolute atomic E-state index is 0.112. The number of rotatable bonds is 8. The third-order valence-electron chi connectivity index (χ3n) is 6.45. The van der Waals surface area contributed by atoms with Crippen molar-refractivity contribution in [2.24, 2.45) is 0 Å². The molecule has 214 valence electrons. The van der Waals surface area contributed by atoms with Crippen LogP contribution < -0.4 is 10.6 Å². The first-order valence-corrected chi connectivity index (χ1v) is 13.3. The van der Waals surface area contributed by atoms with E-state index in [9.17, 15) is 38.7 Å². The SMILES string of the molecule is CC(=O)OCC1=C(C(=O)O)N2C(=O)C(NC(=O)[C@H](NC(=O)N3CCN(C(=O)CC#N)C3=O)c3ccccc3)[C@H]2SC1. The number of hydrogen-bond acceptors (Lipinski definition) is 10. The first-order valence-electron chi connectivity index (χ1n) is 12.2. The average molecular weight is 585 g/mol. The number of thioether (sulfide) groups is 1. The summed E-state index contributed by atoms with van der Waals surface area (Å²) >= 11 is 1.17. The minimum atomic E-state index is -1.39. The molecule has 2 fully saturated rings. The number of benzene rings is 1. The maximum Gasteiger partial charge on any atom is 0.352 e. The summed E-state index contributed by atoms with van der Waals surface area (Å²) in [6, 6.07) is 5.30. The van der Waals surface area contributed by atoms with Gasteiger partial charge in [-0.15, -0.1) is 11.8 Å². The van der Waals surface area contributed by atoms with Gasteiger partial charge < -0.3 is 20.5 Å². The summed E-state index contributed by atoms with van der Waals surface area (Å²) in [7, 11) is 0. The summed E-state index contributed by atoms with van der Waals surface area (Å²) in [5, 5.41) is 22.7. The fourth-order valence-electron chi connectivity index (χ4n) is 4.49. The molecule has 0 spiro atoms. The average Bonchev–Trinajstić information content (AvgIpc) is 3.34. The van der Waals surface area contributed by atoms with Crippen molar-refractivity contribution in [1.29, 1.82) is 5.26 Å². The lowest BCUT2D eigenvalue weighted by atomic mass is 10.0. The van der Waals surface area contributed by atoms with E-state index in [1.807, 2.05) is 0 Å². The number of carbonyl (C=O) groups is 7. The standard InChI is InChI=1S/C25H24N6O9S/c1-13(32)40-11-15-12-41-22-18(21(35)31(22)19(15)23(36)37)27-20(34)17(14-5-3-2-4-6-14)28-24(38)30-10-9-29(25(30)39)16(33)7-8-26/h2-6,17-18,22H,7,9-12H2,1H3,(H,27,34)(H,28,38)(H,36,37)/t17-,18?,22-/m1/s1. The second-order valence-corrected chi connectivity index (χ2v) is 10.1. The van der Waals surface area contributed by atoms with Gasteiger partial charge in [0.2, 0.25) is 11.8 Å². The molecule has 1 unspecified atom stereocenters. The normalized spacial score (nSPS) is 20.4. The third-order valence-corrected chi connectivity index (χ3v) is 7.79. The zero-order valence-corrected chi connectivity index (χ0v) is 22.4. The smallest absolute Gasteiger partial charge is 0.352 e. The highest BCUT2D eigenvalue weighted by Gasteiger charge is 2.54. The van der Waals surface area contributed by atoms with Crippen molar-refractivity contribution in [3.05, 3.63) is 47.2 Å². The molecule has 3 N–H and O–H groups in total. The summed E-state index contributed by atoms with van der Waals surface area (Å²) in [5.74, 6) is -4.11. The number of hydrogen-bond donors (Lipinski definition) is 3. The molecule has 0 aromatic heterocycles. The predicted molar refractivity (Wildman–Crippen MR) is 138 cm³/mol. The van der Waals surface area contributed by atoms with Crippen LogP contribution in [0.3, 0.4) is 0 Å². The van der Waals surface area contributed by atoms with Crippen molar-refractivity contribution in [2.75, 3.05) is 25.4 Å². The number of carboxylic acids is 1. The maximum absolute atomic E-state index is 13.4. The van der Waals surface area contributed by atoms with Crippen LogP contribution in [-0.4, -0.2) is 98.4 Å². The van der Waals surface area contributed by atoms with E-state index in [2.05, 4.69) is 10.6 Å². The molecule has 7 amide bonds. The Hall–Kier alpha value is -4.91. The number of nitrogens with zero attached hydrogens (tertiary/aromatic N) is 4. The first-order chi connectivity index (χ1) is 19.5. The van der Waals surface area contributed by atoms with E-state index in [4.69, 9.17) is 10.00 Å². The zero-order valence-electron chi connectivity index (χ0n) is 21.6. The molecule has 16 heteroatoms. The Bertz CT molecular complexity index is 1390. The highest BCUT2D eigenvalue weighted by atomic mass is 32.2. The van der Waals surface area contributed by atoms with Crippen LogP contribution in [0.2, 0.25) is 0 Å². The molecular weight excluding hydrogens is 560 g/mol. The van der Waals surface area contributed by atoms with Crippen LogP contribution in [0.25, 0.3) is 0 Å². The molecule has 3 aliphatic rings. The lowest BCUT2D eigenvalue weighted by Crippen LogP contribution is -2.71. The van der Waals surface area contributed by atoms with E-state index in [1.165, 1.54) is 18.7 Å². The number of urea groups is 2. The molecule has 3 aliphatic heterocycles. The van der Waals surface area contributed by atoms with E-state index >= 15 is 0 Å². The fraction of sp³-hybridized carbons (Fsp3) is 0.360. The lowest BCUT2D eigenvalue weighted by molar-refractivity contribution is -0.151. The highest BCUT2D eigenvalue weighted by Crippen LogP contribution is 2.40. The number of nitrogens with one attached hydrogen (secondary N) is 2. The van der Waals surface area contributed by atoms with Crippen molar-refractivity contribution in [3.8, 4) is 6.07 Å². The first kappa shape index (κ1) is 29.1. The van der Waals surface area contributed by atoms with E-state index in [0.717, 1.165) is 14.7 Å². The van der Waals surface area contributed by atoms with Gasteiger partial charge in [-0.1, -0.05) is 30.3 Å². The largest absolute Gasteiger partial charge is 0.477 e. The van der Waals surface area contributed by atoms with Gasteiger partial charge in [-0.25, -0.2) is 19.3 Å². The van der Waals surface area contributed by atoms with Gasteiger partial charge in [0.05, 0.1) is 12.6 Å². The van der Waals surface area contributed by atoms with E-state index in [-0.39, 0.29) is 36.7 Å². The summed E-state index contributed by atoms with van der Waals surface area (Å²) in [5.41, 5.74) is 0.248. The minimum Gasteiger partial charge on any atom is -0.477 e. The van der Waals surface area contributed by atoms with Crippen molar-refractivity contribution in [3.63, 3.8) is 0 Å². The number of β-lactam (4-membered cyclic amide) rings is 1. The summed E-state index contributed by atoms with van der Waals surface area (Å²) in [4.78, 5) is 89.7. The Morgan fingerprint density at radius 1 is 1.15 bits per heavy atom. The van der Waals surface area contributed by atoms with Gasteiger partial charge in [0.1, 0.15) is 36.2 Å². The Labute approximate surface area is 237 Å². The van der Waals surface area contributed by atoms with Crippen LogP contribution >= 0.6 is 11.8 Å². The van der Waals surface area contributed by atoms with E-state index < -0.39 is 65.6 Å². The third kappa shape index (κ3) is 5.84. The molecule has 2 saturated heterocycles. The van der Waals surface area contributed by atoms with Crippen molar-refractivity contribution in [1.82, 2.24) is 25.3 Å². The highest BCUT2D eigenvalue weighted by molar-refractivity contribution is 8.00. The van der Waals surface area contributed by atoms with Crippen molar-refractivity contribution >= 4 is 53.5 Å². The molecule has 4 rings (SSSR count). The van der Waals surface area contributed by atoms with Crippen LogP contribution in [0.15, 0.2) is 41.6 Å². The van der Waals surface area contributed by atoms with Gasteiger partial charge in [0.25, 0.3) is 5.91 Å².